The van der Waals surface area contributed by atoms with Gasteiger partial charge in [-0.15, -0.1) is 11.3 Å². The number of carbonyl (C=O) groups is 2. The average molecular weight is 572 g/mol. The molecule has 1 aromatic carbocycles. The van der Waals surface area contributed by atoms with E-state index < -0.39 is 12.0 Å². The molecule has 2 heterocycles. The first-order valence-corrected chi connectivity index (χ1v) is 15.7. The van der Waals surface area contributed by atoms with Crippen LogP contribution in [0.1, 0.15) is 97.8 Å². The van der Waals surface area contributed by atoms with Crippen LogP contribution >= 0.6 is 11.3 Å². The molecular weight excluding hydrogens is 530 g/mol. The molecule has 0 spiro atoms. The number of nitrogens with one attached hydrogen (secondary N) is 1. The number of carboxylic acids is 1. The number of amides is 1. The average Bonchev–Trinajstić information content (AvgIpc) is 3.50. The molecule has 1 fully saturated rings. The summed E-state index contributed by atoms with van der Waals surface area (Å²) in [6.07, 6.45) is 17.0. The molecule has 3 aromatic rings. The van der Waals surface area contributed by atoms with Crippen LogP contribution in [-0.2, 0) is 16.6 Å². The summed E-state index contributed by atoms with van der Waals surface area (Å²) in [5.41, 5.74) is 4.09. The first-order chi connectivity index (χ1) is 19.7. The monoisotopic (exact) mass is 571 g/mol. The summed E-state index contributed by atoms with van der Waals surface area (Å²) in [5.74, 6) is 0.973. The van der Waals surface area contributed by atoms with Crippen LogP contribution in [0.5, 0.6) is 0 Å². The van der Waals surface area contributed by atoms with Crippen molar-refractivity contribution in [1.82, 2.24) is 15.3 Å². The maximum atomic E-state index is 12.8. The van der Waals surface area contributed by atoms with Gasteiger partial charge in [0.15, 0.2) is 5.82 Å². The van der Waals surface area contributed by atoms with Crippen molar-refractivity contribution in [3.63, 3.8) is 0 Å². The van der Waals surface area contributed by atoms with Gasteiger partial charge in [-0.25, -0.2) is 14.8 Å². The van der Waals surface area contributed by atoms with Gasteiger partial charge in [-0.1, -0.05) is 83.2 Å². The molecule has 6 nitrogen and oxygen atoms in total. The fourth-order valence-corrected chi connectivity index (χ4v) is 7.08. The highest BCUT2D eigenvalue weighted by Gasteiger charge is 2.26. The second-order valence-electron chi connectivity index (χ2n) is 12.6. The minimum Gasteiger partial charge on any atom is -0.480 e. The molecule has 216 valence electrons. The number of allylic oxidation sites excluding steroid dienone is 2. The van der Waals surface area contributed by atoms with Crippen LogP contribution in [0.3, 0.4) is 0 Å². The van der Waals surface area contributed by atoms with Gasteiger partial charge in [0, 0.05) is 34.8 Å². The van der Waals surface area contributed by atoms with E-state index in [-0.39, 0.29) is 17.7 Å². The standard InChI is InChI=1S/C34H41N3O3S/c1-34(2,3)30-18-17-29(41-30)32(38)37-28(33(39)40)19-22-9-11-26(12-10-22)31-35-20-27(21-36-31)25-15-13-24(14-16-25)23-7-5-4-6-8-23/h9-12,15,17-18,20-21,23-24,28H,4-8,13-14,16,19H2,1-3H3,(H,37,38)(H,39,40). The van der Waals surface area contributed by atoms with Crippen molar-refractivity contribution in [3.05, 3.63) is 75.7 Å². The molecule has 0 aliphatic heterocycles. The summed E-state index contributed by atoms with van der Waals surface area (Å²) in [6.45, 7) is 6.26. The Morgan fingerprint density at radius 2 is 1.66 bits per heavy atom. The molecule has 2 aromatic heterocycles. The van der Waals surface area contributed by atoms with Crippen molar-refractivity contribution in [2.24, 2.45) is 11.8 Å². The van der Waals surface area contributed by atoms with Gasteiger partial charge in [0.2, 0.25) is 0 Å². The molecule has 2 atom stereocenters. The largest absolute Gasteiger partial charge is 0.480 e. The Hall–Kier alpha value is -3.32. The summed E-state index contributed by atoms with van der Waals surface area (Å²) in [5, 5.41) is 12.5. The van der Waals surface area contributed by atoms with Crippen molar-refractivity contribution in [1.29, 1.82) is 0 Å². The molecule has 5 rings (SSSR count). The summed E-state index contributed by atoms with van der Waals surface area (Å²) in [7, 11) is 0. The van der Waals surface area contributed by atoms with E-state index in [9.17, 15) is 14.7 Å². The third kappa shape index (κ3) is 7.31. The quantitative estimate of drug-likeness (QED) is 0.289. The lowest BCUT2D eigenvalue weighted by molar-refractivity contribution is -0.139. The molecule has 0 radical (unpaired) electrons. The van der Waals surface area contributed by atoms with Crippen LogP contribution in [0, 0.1) is 11.8 Å². The number of hydrogen-bond donors (Lipinski definition) is 2. The molecule has 0 bridgehead atoms. The van der Waals surface area contributed by atoms with E-state index in [0.29, 0.717) is 10.7 Å². The van der Waals surface area contributed by atoms with E-state index in [1.165, 1.54) is 61.9 Å². The number of rotatable bonds is 8. The third-order valence-electron chi connectivity index (χ3n) is 8.61. The Morgan fingerprint density at radius 1 is 0.951 bits per heavy atom. The number of aliphatic carboxylic acids is 1. The van der Waals surface area contributed by atoms with E-state index >= 15 is 0 Å². The fourth-order valence-electron chi connectivity index (χ4n) is 6.11. The Bertz CT molecular complexity index is 1380. The molecule has 0 saturated heterocycles. The zero-order valence-electron chi connectivity index (χ0n) is 24.4. The summed E-state index contributed by atoms with van der Waals surface area (Å²) in [6, 6.07) is 10.3. The highest BCUT2D eigenvalue weighted by atomic mass is 32.1. The fraction of sp³-hybridized carbons (Fsp3) is 0.471. The Labute approximate surface area is 247 Å². The first kappa shape index (κ1) is 29.2. The normalized spacial score (nSPS) is 18.9. The van der Waals surface area contributed by atoms with Gasteiger partial charge in [-0.05, 0) is 59.8 Å². The number of aromatic nitrogens is 2. The van der Waals surface area contributed by atoms with Gasteiger partial charge in [-0.3, -0.25) is 4.79 Å². The minimum atomic E-state index is -1.06. The molecule has 2 N–H and O–H groups in total. The number of benzene rings is 1. The van der Waals surface area contributed by atoms with Crippen LogP contribution in [0.25, 0.3) is 17.0 Å². The van der Waals surface area contributed by atoms with E-state index in [4.69, 9.17) is 0 Å². The van der Waals surface area contributed by atoms with Gasteiger partial charge in [-0.2, -0.15) is 0 Å². The Morgan fingerprint density at radius 3 is 2.24 bits per heavy atom. The van der Waals surface area contributed by atoms with Crippen LogP contribution in [-0.4, -0.2) is 33.0 Å². The lowest BCUT2D eigenvalue weighted by atomic mass is 9.73. The topological polar surface area (TPSA) is 92.2 Å². The van der Waals surface area contributed by atoms with E-state index in [2.05, 4.69) is 42.1 Å². The van der Waals surface area contributed by atoms with Gasteiger partial charge in [0.05, 0.1) is 4.88 Å². The van der Waals surface area contributed by atoms with Crippen molar-refractivity contribution in [2.45, 2.75) is 90.0 Å². The van der Waals surface area contributed by atoms with Gasteiger partial charge in [0.25, 0.3) is 5.91 Å². The summed E-state index contributed by atoms with van der Waals surface area (Å²) in [4.78, 5) is 35.6. The van der Waals surface area contributed by atoms with E-state index in [1.54, 1.807) is 6.07 Å². The molecule has 1 saturated carbocycles. The molecule has 41 heavy (non-hydrogen) atoms. The minimum absolute atomic E-state index is 0.0634. The van der Waals surface area contributed by atoms with Gasteiger partial charge < -0.3 is 10.4 Å². The van der Waals surface area contributed by atoms with Crippen molar-refractivity contribution < 1.29 is 14.7 Å². The zero-order valence-corrected chi connectivity index (χ0v) is 25.2. The number of carboxylic acid groups (broad SMARTS) is 1. The van der Waals surface area contributed by atoms with E-state index in [0.717, 1.165) is 39.8 Å². The highest BCUT2D eigenvalue weighted by Crippen LogP contribution is 2.39. The van der Waals surface area contributed by atoms with Crippen LogP contribution < -0.4 is 5.32 Å². The molecule has 2 aliphatic rings. The number of nitrogens with zero attached hydrogens (tertiary/aromatic N) is 2. The zero-order chi connectivity index (χ0) is 29.0. The lowest BCUT2D eigenvalue weighted by Crippen LogP contribution is -2.42. The SMILES string of the molecule is CC(C)(C)c1ccc(C(=O)NC(Cc2ccc(-c3ncc(C4=CCC(C5CCCCC5)CC4)cn3)cc2)C(=O)O)s1. The summed E-state index contributed by atoms with van der Waals surface area (Å²) >= 11 is 1.40. The highest BCUT2D eigenvalue weighted by molar-refractivity contribution is 7.14. The molecule has 1 amide bonds. The predicted molar refractivity (Wildman–Crippen MR) is 165 cm³/mol. The number of carbonyl (C=O) groups excluding carboxylic acids is 1. The van der Waals surface area contributed by atoms with Crippen molar-refractivity contribution in [2.75, 3.05) is 0 Å². The maximum absolute atomic E-state index is 12.8. The maximum Gasteiger partial charge on any atom is 0.326 e. The lowest BCUT2D eigenvalue weighted by Gasteiger charge is -2.32. The predicted octanol–water partition coefficient (Wildman–Crippen LogP) is 7.69. The second kappa shape index (κ2) is 12.7. The molecular formula is C34H41N3O3S. The van der Waals surface area contributed by atoms with Gasteiger partial charge in [0.1, 0.15) is 6.04 Å². The Balaban J connectivity index is 1.18. The van der Waals surface area contributed by atoms with Crippen molar-refractivity contribution in [3.8, 4) is 11.4 Å². The Kier molecular flexibility index (Phi) is 9.03. The van der Waals surface area contributed by atoms with Gasteiger partial charge >= 0.3 is 5.97 Å². The smallest absolute Gasteiger partial charge is 0.326 e. The van der Waals surface area contributed by atoms with Crippen LogP contribution in [0.15, 0.2) is 54.9 Å². The summed E-state index contributed by atoms with van der Waals surface area (Å²) < 4.78 is 0. The van der Waals surface area contributed by atoms with Crippen LogP contribution in [0.2, 0.25) is 0 Å². The molecule has 2 unspecified atom stereocenters. The third-order valence-corrected chi connectivity index (χ3v) is 10.1. The number of thiophene rings is 1. The second-order valence-corrected chi connectivity index (χ2v) is 13.7. The number of hydrogen-bond acceptors (Lipinski definition) is 5. The first-order valence-electron chi connectivity index (χ1n) is 14.9. The molecule has 2 aliphatic carbocycles. The van der Waals surface area contributed by atoms with E-state index in [1.807, 2.05) is 42.7 Å². The van der Waals surface area contributed by atoms with Crippen molar-refractivity contribution >= 4 is 28.8 Å². The van der Waals surface area contributed by atoms with Crippen LogP contribution in [0.4, 0.5) is 0 Å². The molecule has 7 heteroatoms.